The van der Waals surface area contributed by atoms with Gasteiger partial charge in [0.2, 0.25) is 5.91 Å². The van der Waals surface area contributed by atoms with Crippen molar-refractivity contribution in [3.63, 3.8) is 0 Å². The number of nitrogens with zero attached hydrogens (tertiary/aromatic N) is 2. The van der Waals surface area contributed by atoms with Gasteiger partial charge in [0, 0.05) is 13.0 Å². The van der Waals surface area contributed by atoms with Gasteiger partial charge in [-0.15, -0.1) is 12.4 Å². The zero-order chi connectivity index (χ0) is 23.8. The van der Waals surface area contributed by atoms with Gasteiger partial charge in [0.15, 0.2) is 6.04 Å². The van der Waals surface area contributed by atoms with Crippen LogP contribution >= 0.6 is 12.4 Å². The predicted octanol–water partition coefficient (Wildman–Crippen LogP) is 2.02. The van der Waals surface area contributed by atoms with Crippen LogP contribution in [-0.2, 0) is 35.1 Å². The van der Waals surface area contributed by atoms with Gasteiger partial charge in [0.1, 0.15) is 6.04 Å². The third-order valence-corrected chi connectivity index (χ3v) is 5.96. The summed E-state index contributed by atoms with van der Waals surface area (Å²) in [6.07, 6.45) is 2.48. The SMILES string of the molecule is CCOC(=O)[C@H](CCc1ccccc1)N[C@H]1CCC(=O)N2CCC[C@@H](C(=O)OCC)N2C1=O.Cl. The van der Waals surface area contributed by atoms with Crippen LogP contribution in [-0.4, -0.2) is 71.7 Å². The van der Waals surface area contributed by atoms with Crippen LogP contribution in [0.3, 0.4) is 0 Å². The van der Waals surface area contributed by atoms with E-state index in [1.165, 1.54) is 10.0 Å². The summed E-state index contributed by atoms with van der Waals surface area (Å²) in [5, 5.41) is 5.78. The summed E-state index contributed by atoms with van der Waals surface area (Å²) in [6, 6.07) is 7.40. The normalized spacial score (nSPS) is 21.1. The number of ether oxygens (including phenoxy) is 2. The quantitative estimate of drug-likeness (QED) is 0.522. The number of hydrogen-bond donors (Lipinski definition) is 1. The van der Waals surface area contributed by atoms with Gasteiger partial charge in [-0.25, -0.2) is 9.80 Å². The van der Waals surface area contributed by atoms with E-state index in [4.69, 9.17) is 9.47 Å². The predicted molar refractivity (Wildman–Crippen MR) is 127 cm³/mol. The number of aryl methyl sites for hydroxylation is 1. The largest absolute Gasteiger partial charge is 0.465 e. The fourth-order valence-corrected chi connectivity index (χ4v) is 4.35. The molecule has 0 bridgehead atoms. The molecule has 2 aliphatic rings. The van der Waals surface area contributed by atoms with Crippen molar-refractivity contribution in [2.24, 2.45) is 0 Å². The molecule has 2 saturated heterocycles. The third kappa shape index (κ3) is 6.70. The second kappa shape index (κ2) is 13.3. The van der Waals surface area contributed by atoms with Crippen LogP contribution in [0, 0.1) is 0 Å². The van der Waals surface area contributed by atoms with Gasteiger partial charge >= 0.3 is 11.9 Å². The maximum Gasteiger partial charge on any atom is 0.330 e. The number of carbonyl (C=O) groups excluding carboxylic acids is 4. The topological polar surface area (TPSA) is 105 Å². The number of fused-ring (bicyclic) bond motifs is 1. The average molecular weight is 496 g/mol. The van der Waals surface area contributed by atoms with Crippen LogP contribution < -0.4 is 5.32 Å². The molecule has 1 aromatic rings. The molecular formula is C24H34ClN3O6. The molecule has 0 saturated carbocycles. The lowest BCUT2D eigenvalue weighted by Gasteiger charge is -2.42. The van der Waals surface area contributed by atoms with Crippen LogP contribution in [0.2, 0.25) is 0 Å². The number of rotatable bonds is 9. The lowest BCUT2D eigenvalue weighted by atomic mass is 10.0. The lowest BCUT2D eigenvalue weighted by molar-refractivity contribution is -0.183. The van der Waals surface area contributed by atoms with Crippen molar-refractivity contribution in [3.05, 3.63) is 35.9 Å². The maximum atomic E-state index is 13.5. The number of amides is 2. The van der Waals surface area contributed by atoms with Gasteiger partial charge < -0.3 is 9.47 Å². The Morgan fingerprint density at radius 1 is 1.09 bits per heavy atom. The van der Waals surface area contributed by atoms with Crippen molar-refractivity contribution < 1.29 is 28.7 Å². The zero-order valence-electron chi connectivity index (χ0n) is 19.7. The molecule has 188 valence electrons. The number of benzene rings is 1. The summed E-state index contributed by atoms with van der Waals surface area (Å²) in [6.45, 7) is 4.23. The smallest absolute Gasteiger partial charge is 0.330 e. The van der Waals surface area contributed by atoms with Gasteiger partial charge in [-0.1, -0.05) is 30.3 Å². The number of hydrogen-bond acceptors (Lipinski definition) is 7. The highest BCUT2D eigenvalue weighted by Crippen LogP contribution is 2.26. The molecule has 0 aliphatic carbocycles. The van der Waals surface area contributed by atoms with E-state index >= 15 is 0 Å². The number of nitrogens with one attached hydrogen (secondary N) is 1. The molecule has 0 spiro atoms. The Bertz CT molecular complexity index is 852. The highest BCUT2D eigenvalue weighted by atomic mass is 35.5. The first-order chi connectivity index (χ1) is 16.0. The summed E-state index contributed by atoms with van der Waals surface area (Å²) in [4.78, 5) is 51.5. The molecule has 1 N–H and O–H groups in total. The number of carbonyl (C=O) groups is 4. The van der Waals surface area contributed by atoms with E-state index in [-0.39, 0.29) is 44.4 Å². The van der Waals surface area contributed by atoms with Gasteiger partial charge in [0.05, 0.1) is 19.3 Å². The maximum absolute atomic E-state index is 13.5. The van der Waals surface area contributed by atoms with Crippen molar-refractivity contribution in [1.82, 2.24) is 15.3 Å². The second-order valence-corrected chi connectivity index (χ2v) is 8.20. The van der Waals surface area contributed by atoms with E-state index in [1.54, 1.807) is 13.8 Å². The molecule has 2 heterocycles. The molecule has 0 unspecified atom stereocenters. The van der Waals surface area contributed by atoms with Crippen LogP contribution in [0.1, 0.15) is 51.5 Å². The summed E-state index contributed by atoms with van der Waals surface area (Å²) < 4.78 is 10.4. The first-order valence-corrected chi connectivity index (χ1v) is 11.7. The minimum absolute atomic E-state index is 0. The molecule has 3 atom stereocenters. The molecule has 10 heteroatoms. The van der Waals surface area contributed by atoms with Crippen molar-refractivity contribution in [1.29, 1.82) is 0 Å². The minimum atomic E-state index is -0.845. The highest BCUT2D eigenvalue weighted by Gasteiger charge is 2.45. The van der Waals surface area contributed by atoms with Crippen LogP contribution in [0.15, 0.2) is 30.3 Å². The lowest BCUT2D eigenvalue weighted by Crippen LogP contribution is -2.63. The Morgan fingerprint density at radius 2 is 1.79 bits per heavy atom. The Balaban J connectivity index is 0.00000408. The zero-order valence-corrected chi connectivity index (χ0v) is 20.6. The second-order valence-electron chi connectivity index (χ2n) is 8.20. The van der Waals surface area contributed by atoms with Crippen molar-refractivity contribution in [2.45, 2.75) is 70.5 Å². The van der Waals surface area contributed by atoms with Crippen molar-refractivity contribution in [3.8, 4) is 0 Å². The molecule has 9 nitrogen and oxygen atoms in total. The molecule has 1 aromatic carbocycles. The van der Waals surface area contributed by atoms with E-state index in [0.29, 0.717) is 32.2 Å². The Morgan fingerprint density at radius 3 is 2.47 bits per heavy atom. The number of hydrazine groups is 1. The molecular weight excluding hydrogens is 462 g/mol. The molecule has 3 rings (SSSR count). The average Bonchev–Trinajstić information content (AvgIpc) is 2.94. The first kappa shape index (κ1) is 27.6. The fourth-order valence-electron chi connectivity index (χ4n) is 4.35. The molecule has 0 radical (unpaired) electrons. The Hall–Kier alpha value is -2.65. The van der Waals surface area contributed by atoms with Gasteiger partial charge in [-0.3, -0.25) is 24.7 Å². The highest BCUT2D eigenvalue weighted by molar-refractivity contribution is 5.92. The Kier molecular flexibility index (Phi) is 10.8. The van der Waals surface area contributed by atoms with Crippen LogP contribution in [0.4, 0.5) is 0 Å². The van der Waals surface area contributed by atoms with Gasteiger partial charge in [-0.2, -0.15) is 0 Å². The van der Waals surface area contributed by atoms with E-state index < -0.39 is 36.0 Å². The summed E-state index contributed by atoms with van der Waals surface area (Å²) >= 11 is 0. The van der Waals surface area contributed by atoms with E-state index in [9.17, 15) is 19.2 Å². The molecule has 2 aliphatic heterocycles. The standard InChI is InChI=1S/C24H33N3O6.ClH/c1-3-32-23(30)19(13-12-17-9-6-5-7-10-17)25-18-14-15-21(28)26-16-8-11-20(24(31)33-4-2)27(26)22(18)29;/h5-7,9-10,18-20,25H,3-4,8,11-16H2,1-2H3;1H/t18-,19-,20-;/m0./s1. The number of halogens is 1. The monoisotopic (exact) mass is 495 g/mol. The molecule has 2 amide bonds. The molecule has 34 heavy (non-hydrogen) atoms. The van der Waals surface area contributed by atoms with Gasteiger partial charge in [-0.05, 0) is 51.5 Å². The fraction of sp³-hybridized carbons (Fsp3) is 0.583. The number of esters is 2. The summed E-state index contributed by atoms with van der Waals surface area (Å²) in [7, 11) is 0. The van der Waals surface area contributed by atoms with Crippen molar-refractivity contribution in [2.75, 3.05) is 19.8 Å². The summed E-state index contributed by atoms with van der Waals surface area (Å²) in [5.41, 5.74) is 1.07. The molecule has 2 fully saturated rings. The summed E-state index contributed by atoms with van der Waals surface area (Å²) in [5.74, 6) is -1.56. The van der Waals surface area contributed by atoms with Crippen molar-refractivity contribution >= 4 is 36.2 Å². The van der Waals surface area contributed by atoms with Crippen LogP contribution in [0.5, 0.6) is 0 Å². The van der Waals surface area contributed by atoms with Crippen LogP contribution in [0.25, 0.3) is 0 Å². The van der Waals surface area contributed by atoms with E-state index in [0.717, 1.165) is 5.56 Å². The third-order valence-electron chi connectivity index (χ3n) is 5.96. The van der Waals surface area contributed by atoms with Gasteiger partial charge in [0.25, 0.3) is 5.91 Å². The Labute approximate surface area is 206 Å². The molecule has 0 aromatic heterocycles. The minimum Gasteiger partial charge on any atom is -0.465 e. The van der Waals surface area contributed by atoms with E-state index in [2.05, 4.69) is 5.32 Å². The van der Waals surface area contributed by atoms with E-state index in [1.807, 2.05) is 30.3 Å². The first-order valence-electron chi connectivity index (χ1n) is 11.7.